The molecule has 0 bridgehead atoms. The minimum Gasteiger partial charge on any atom is -0.481 e. The van der Waals surface area contributed by atoms with Crippen LogP contribution in [0.4, 0.5) is 0 Å². The quantitative estimate of drug-likeness (QED) is 0.198. The number of esters is 2. The van der Waals surface area contributed by atoms with Gasteiger partial charge >= 0.3 is 23.9 Å². The van der Waals surface area contributed by atoms with Gasteiger partial charge in [0.1, 0.15) is 0 Å². The molecular formula is C24H31ClN2O10. The number of hydrogen-bond donors (Lipinski definition) is 5. The molecule has 204 valence electrons. The number of dihydropyridines is 1. The van der Waals surface area contributed by atoms with Gasteiger partial charge in [-0.15, -0.1) is 0 Å². The molecule has 13 heteroatoms. The summed E-state index contributed by atoms with van der Waals surface area (Å²) in [5.41, 5.74) is 7.70. The smallest absolute Gasteiger partial charge is 0.336 e. The van der Waals surface area contributed by atoms with Crippen LogP contribution in [0.15, 0.2) is 46.8 Å². The molecule has 0 spiro atoms. The van der Waals surface area contributed by atoms with Gasteiger partial charge in [0.2, 0.25) is 0 Å². The Kier molecular flexibility index (Phi) is 13.3. The second-order valence-electron chi connectivity index (χ2n) is 7.52. The first-order valence-corrected chi connectivity index (χ1v) is 11.5. The lowest BCUT2D eigenvalue weighted by molar-refractivity contribution is -0.152. The van der Waals surface area contributed by atoms with Gasteiger partial charge in [-0.25, -0.2) is 14.4 Å². The highest BCUT2D eigenvalue weighted by molar-refractivity contribution is 6.31. The highest BCUT2D eigenvalue weighted by Gasteiger charge is 2.39. The van der Waals surface area contributed by atoms with Crippen molar-refractivity contribution in [1.82, 2.24) is 5.32 Å². The highest BCUT2D eigenvalue weighted by atomic mass is 35.5. The van der Waals surface area contributed by atoms with Crippen molar-refractivity contribution in [3.8, 4) is 0 Å². The molecule has 0 saturated heterocycles. The number of rotatable bonds is 11. The van der Waals surface area contributed by atoms with Crippen LogP contribution in [0.1, 0.15) is 31.7 Å². The van der Waals surface area contributed by atoms with Crippen molar-refractivity contribution in [1.29, 1.82) is 0 Å². The third-order valence-corrected chi connectivity index (χ3v) is 5.27. The van der Waals surface area contributed by atoms with Crippen molar-refractivity contribution < 1.29 is 48.7 Å². The molecule has 0 aromatic heterocycles. The first-order valence-electron chi connectivity index (χ1n) is 11.1. The van der Waals surface area contributed by atoms with Crippen LogP contribution in [0.3, 0.4) is 0 Å². The Hall–Kier alpha value is -3.45. The number of nitrogens with one attached hydrogen (secondary N) is 1. The molecule has 0 saturated carbocycles. The second-order valence-corrected chi connectivity index (χ2v) is 7.92. The van der Waals surface area contributed by atoms with Crippen LogP contribution < -0.4 is 11.1 Å². The van der Waals surface area contributed by atoms with E-state index in [0.717, 1.165) is 0 Å². The van der Waals surface area contributed by atoms with Gasteiger partial charge in [-0.2, -0.15) is 0 Å². The SMILES string of the molecule is CCOC(=O)C1=C(COCCN)NC(C)=C(C(=O)OC)C1c1ccccc1Cl.O=C(O)C[C@H](O)C(=O)O. The van der Waals surface area contributed by atoms with Gasteiger partial charge in [0.05, 0.1) is 56.1 Å². The van der Waals surface area contributed by atoms with E-state index in [1.54, 1.807) is 38.1 Å². The van der Waals surface area contributed by atoms with E-state index in [2.05, 4.69) is 5.32 Å². The number of allylic oxidation sites excluding steroid dienone is 1. The molecule has 0 fully saturated rings. The average molecular weight is 543 g/mol. The van der Waals surface area contributed by atoms with E-state index < -0.39 is 42.3 Å². The third-order valence-electron chi connectivity index (χ3n) is 4.92. The van der Waals surface area contributed by atoms with E-state index in [0.29, 0.717) is 40.7 Å². The predicted octanol–water partition coefficient (Wildman–Crippen LogP) is 1.17. The molecule has 0 amide bonds. The number of carboxylic acids is 2. The van der Waals surface area contributed by atoms with Gasteiger partial charge in [0.25, 0.3) is 0 Å². The van der Waals surface area contributed by atoms with Crippen molar-refractivity contribution in [3.05, 3.63) is 57.4 Å². The number of carbonyl (C=O) groups is 4. The molecule has 1 aliphatic heterocycles. The minimum atomic E-state index is -1.79. The molecular weight excluding hydrogens is 512 g/mol. The standard InChI is InChI=1S/C20H25ClN2O5.C4H6O5/c1-4-28-20(25)18-15(11-27-10-9-22)23-12(2)16(19(24)26-3)17(18)13-7-5-6-8-14(13)21;5-2(4(8)9)1-3(6)7/h5-8,17,23H,4,9-11,22H2,1-3H3;2,5H,1H2,(H,6,7)(H,8,9)/t;2-/m.0/s1. The number of methoxy groups -OCH3 is 1. The zero-order valence-electron chi connectivity index (χ0n) is 20.7. The average Bonchev–Trinajstić information content (AvgIpc) is 2.83. The van der Waals surface area contributed by atoms with Crippen molar-refractivity contribution in [2.45, 2.75) is 32.3 Å². The molecule has 1 aliphatic rings. The van der Waals surface area contributed by atoms with Crippen molar-refractivity contribution in [2.24, 2.45) is 5.73 Å². The third kappa shape index (κ3) is 9.17. The molecule has 37 heavy (non-hydrogen) atoms. The molecule has 0 radical (unpaired) electrons. The Balaban J connectivity index is 0.000000649. The van der Waals surface area contributed by atoms with E-state index in [1.165, 1.54) is 7.11 Å². The summed E-state index contributed by atoms with van der Waals surface area (Å²) in [6.45, 7) is 4.42. The summed E-state index contributed by atoms with van der Waals surface area (Å²) in [6, 6.07) is 7.05. The zero-order chi connectivity index (χ0) is 28.1. The Morgan fingerprint density at radius 1 is 1.14 bits per heavy atom. The monoisotopic (exact) mass is 542 g/mol. The van der Waals surface area contributed by atoms with Gasteiger partial charge in [0.15, 0.2) is 6.10 Å². The van der Waals surface area contributed by atoms with Gasteiger partial charge in [-0.05, 0) is 25.5 Å². The Morgan fingerprint density at radius 2 is 1.78 bits per heavy atom. The lowest BCUT2D eigenvalue weighted by atomic mass is 9.80. The molecule has 1 aromatic rings. The van der Waals surface area contributed by atoms with Crippen molar-refractivity contribution in [2.75, 3.05) is 33.5 Å². The summed E-state index contributed by atoms with van der Waals surface area (Å²) in [5, 5.41) is 27.7. The highest BCUT2D eigenvalue weighted by Crippen LogP contribution is 2.41. The van der Waals surface area contributed by atoms with Gasteiger partial charge < -0.3 is 40.6 Å². The van der Waals surface area contributed by atoms with Crippen LogP contribution >= 0.6 is 11.6 Å². The van der Waals surface area contributed by atoms with Crippen LogP contribution in [0.5, 0.6) is 0 Å². The van der Waals surface area contributed by atoms with Crippen LogP contribution in [0.25, 0.3) is 0 Å². The number of carboxylic acid groups (broad SMARTS) is 2. The maximum absolute atomic E-state index is 12.9. The molecule has 12 nitrogen and oxygen atoms in total. The van der Waals surface area contributed by atoms with Crippen LogP contribution in [-0.2, 0) is 33.4 Å². The molecule has 1 heterocycles. The van der Waals surface area contributed by atoms with Crippen LogP contribution in [0, 0.1) is 0 Å². The van der Waals surface area contributed by atoms with Gasteiger partial charge in [0, 0.05) is 17.3 Å². The molecule has 0 aliphatic carbocycles. The maximum Gasteiger partial charge on any atom is 0.336 e. The number of halogens is 1. The van der Waals surface area contributed by atoms with E-state index >= 15 is 0 Å². The number of aliphatic hydroxyl groups is 1. The van der Waals surface area contributed by atoms with E-state index in [9.17, 15) is 19.2 Å². The largest absolute Gasteiger partial charge is 0.481 e. The molecule has 1 unspecified atom stereocenters. The zero-order valence-corrected chi connectivity index (χ0v) is 21.4. The number of hydrogen-bond acceptors (Lipinski definition) is 10. The fraction of sp³-hybridized carbons (Fsp3) is 0.417. The first kappa shape index (κ1) is 31.6. The van der Waals surface area contributed by atoms with E-state index in [4.69, 9.17) is 46.9 Å². The maximum atomic E-state index is 12.9. The van der Waals surface area contributed by atoms with E-state index in [1.807, 2.05) is 0 Å². The summed E-state index contributed by atoms with van der Waals surface area (Å²) in [6.07, 6.45) is -2.54. The number of aliphatic carboxylic acids is 2. The van der Waals surface area contributed by atoms with E-state index in [-0.39, 0.29) is 18.8 Å². The Labute approximate surface area is 218 Å². The molecule has 2 rings (SSSR count). The van der Waals surface area contributed by atoms with Crippen molar-refractivity contribution >= 4 is 35.5 Å². The van der Waals surface area contributed by atoms with Gasteiger partial charge in [-0.1, -0.05) is 29.8 Å². The van der Waals surface area contributed by atoms with Crippen LogP contribution in [-0.4, -0.2) is 78.8 Å². The second kappa shape index (κ2) is 15.6. The number of aliphatic hydroxyl groups excluding tert-OH is 1. The fourth-order valence-corrected chi connectivity index (χ4v) is 3.62. The Bertz CT molecular complexity index is 1050. The number of ether oxygens (including phenoxy) is 3. The summed E-state index contributed by atoms with van der Waals surface area (Å²) < 4.78 is 15.8. The minimum absolute atomic E-state index is 0.109. The summed E-state index contributed by atoms with van der Waals surface area (Å²) >= 11 is 6.42. The lowest BCUT2D eigenvalue weighted by Gasteiger charge is -2.31. The summed E-state index contributed by atoms with van der Waals surface area (Å²) in [5.74, 6) is -4.71. The Morgan fingerprint density at radius 3 is 2.27 bits per heavy atom. The number of carbonyl (C=O) groups excluding carboxylic acids is 2. The normalized spacial score (nSPS) is 15.7. The molecule has 6 N–H and O–H groups in total. The summed E-state index contributed by atoms with van der Waals surface area (Å²) in [7, 11) is 1.29. The van der Waals surface area contributed by atoms with Gasteiger partial charge in [-0.3, -0.25) is 4.79 Å². The summed E-state index contributed by atoms with van der Waals surface area (Å²) in [4.78, 5) is 44.9. The van der Waals surface area contributed by atoms with Crippen molar-refractivity contribution in [3.63, 3.8) is 0 Å². The predicted molar refractivity (Wildman–Crippen MR) is 131 cm³/mol. The number of nitrogens with two attached hydrogens (primary N) is 1. The first-order chi connectivity index (χ1) is 17.5. The van der Waals surface area contributed by atoms with Crippen LogP contribution in [0.2, 0.25) is 5.02 Å². The number of benzene rings is 1. The molecule has 2 atom stereocenters. The molecule has 1 aromatic carbocycles. The fourth-order valence-electron chi connectivity index (χ4n) is 3.37. The topological polar surface area (TPSA) is 195 Å². The lowest BCUT2D eigenvalue weighted by Crippen LogP contribution is -2.35.